The van der Waals surface area contributed by atoms with E-state index in [9.17, 15) is 0 Å². The summed E-state index contributed by atoms with van der Waals surface area (Å²) in [5.41, 5.74) is 16.6. The molecular weight excluding hydrogens is 512 g/mol. The molecule has 5 aromatic rings. The largest absolute Gasteiger partial charge is 0.438 e. The normalized spacial score (nSPS) is 20.7. The van der Waals surface area contributed by atoms with Gasteiger partial charge in [0.2, 0.25) is 5.88 Å². The van der Waals surface area contributed by atoms with Crippen molar-refractivity contribution in [3.63, 3.8) is 0 Å². The van der Waals surface area contributed by atoms with Gasteiger partial charge in [-0.2, -0.15) is 0 Å². The number of benzene rings is 4. The summed E-state index contributed by atoms with van der Waals surface area (Å²) >= 11 is 0. The van der Waals surface area contributed by atoms with E-state index in [2.05, 4.69) is 97.9 Å². The molecule has 0 fully saturated rings. The van der Waals surface area contributed by atoms with Crippen LogP contribution in [0.4, 0.5) is 5.69 Å². The summed E-state index contributed by atoms with van der Waals surface area (Å²) in [4.78, 5) is 5.20. The van der Waals surface area contributed by atoms with Gasteiger partial charge in [0.1, 0.15) is 5.76 Å². The minimum absolute atomic E-state index is 0.0300. The molecule has 0 bridgehead atoms. The number of aryl methyl sites for hydroxylation is 1. The van der Waals surface area contributed by atoms with E-state index in [4.69, 9.17) is 15.5 Å². The van der Waals surface area contributed by atoms with Gasteiger partial charge in [-0.05, 0) is 106 Å². The van der Waals surface area contributed by atoms with E-state index in [1.165, 1.54) is 55.8 Å². The summed E-state index contributed by atoms with van der Waals surface area (Å²) in [5, 5.41) is 5.03. The summed E-state index contributed by atoms with van der Waals surface area (Å²) in [5.74, 6) is 2.31. The Morgan fingerprint density at radius 3 is 2.33 bits per heavy atom. The molecule has 1 aliphatic heterocycles. The Hall–Kier alpha value is -4.37. The zero-order chi connectivity index (χ0) is 28.2. The van der Waals surface area contributed by atoms with Crippen LogP contribution in [0.25, 0.3) is 27.6 Å². The van der Waals surface area contributed by atoms with Crippen molar-refractivity contribution in [3.05, 3.63) is 130 Å². The first-order valence-corrected chi connectivity index (χ1v) is 15.6. The van der Waals surface area contributed by atoms with E-state index in [1.807, 2.05) is 0 Å². The van der Waals surface area contributed by atoms with Crippen LogP contribution in [0.15, 0.2) is 102 Å². The van der Waals surface area contributed by atoms with Crippen molar-refractivity contribution < 1.29 is 4.74 Å². The fourth-order valence-corrected chi connectivity index (χ4v) is 7.52. The number of aromatic nitrogens is 1. The molecule has 2 atom stereocenters. The van der Waals surface area contributed by atoms with Gasteiger partial charge in [-0.15, -0.1) is 0 Å². The van der Waals surface area contributed by atoms with Gasteiger partial charge in [0.05, 0.1) is 0 Å². The Labute approximate surface area is 247 Å². The quantitative estimate of drug-likeness (QED) is 0.244. The fraction of sp³-hybridized carbons (Fsp3) is 0.256. The number of hydrogen-bond acceptors (Lipinski definition) is 3. The summed E-state index contributed by atoms with van der Waals surface area (Å²) < 4.78 is 6.91. The van der Waals surface area contributed by atoms with Gasteiger partial charge in [0.15, 0.2) is 0 Å². The van der Waals surface area contributed by atoms with Crippen molar-refractivity contribution >= 4 is 33.3 Å². The Kier molecular flexibility index (Phi) is 6.14. The molecule has 8 rings (SSSR count). The fourth-order valence-electron chi connectivity index (χ4n) is 7.52. The van der Waals surface area contributed by atoms with Crippen molar-refractivity contribution in [2.24, 2.45) is 5.92 Å². The third kappa shape index (κ3) is 4.22. The van der Waals surface area contributed by atoms with E-state index < -0.39 is 0 Å². The SMILES string of the molecule is CCC1CC2=C(Oc3nc4c(c(N)c3C2c2ccc3ccccc3c2)CCCC4)/C(=C/c2ccc3ccccc3c2)C1. The molecule has 0 radical (unpaired) electrons. The predicted molar refractivity (Wildman–Crippen MR) is 174 cm³/mol. The first-order valence-electron chi connectivity index (χ1n) is 15.6. The van der Waals surface area contributed by atoms with Crippen LogP contribution >= 0.6 is 0 Å². The summed E-state index contributed by atoms with van der Waals surface area (Å²) in [6.45, 7) is 2.32. The molecule has 208 valence electrons. The van der Waals surface area contributed by atoms with Gasteiger partial charge in [0, 0.05) is 22.9 Å². The number of rotatable bonds is 3. The molecule has 1 aromatic heterocycles. The zero-order valence-corrected chi connectivity index (χ0v) is 24.2. The number of anilines is 1. The van der Waals surface area contributed by atoms with Crippen LogP contribution in [0.5, 0.6) is 5.88 Å². The summed E-state index contributed by atoms with van der Waals surface area (Å²) in [6, 6.07) is 30.9. The number of nitrogens with zero attached hydrogens (tertiary/aromatic N) is 1. The number of allylic oxidation sites excluding steroid dienone is 2. The highest BCUT2D eigenvalue weighted by Gasteiger charge is 2.40. The van der Waals surface area contributed by atoms with E-state index >= 15 is 0 Å². The number of nitrogen functional groups attached to an aromatic ring is 1. The molecule has 2 aliphatic carbocycles. The van der Waals surface area contributed by atoms with Crippen LogP contribution in [0.2, 0.25) is 0 Å². The van der Waals surface area contributed by atoms with Gasteiger partial charge >= 0.3 is 0 Å². The molecular formula is C39H36N2O. The van der Waals surface area contributed by atoms with E-state index in [0.29, 0.717) is 11.8 Å². The van der Waals surface area contributed by atoms with Crippen LogP contribution in [-0.2, 0) is 12.8 Å². The summed E-state index contributed by atoms with van der Waals surface area (Å²) in [6.07, 6.45) is 9.80. The molecule has 3 heteroatoms. The third-order valence-electron chi connectivity index (χ3n) is 9.76. The molecule has 0 saturated heterocycles. The highest BCUT2D eigenvalue weighted by Crippen LogP contribution is 2.53. The van der Waals surface area contributed by atoms with E-state index in [1.54, 1.807) is 0 Å². The standard InChI is InChI=1S/C39H36N2O/c1-2-24-19-31(21-25-15-16-26-9-3-5-11-28(26)20-25)38-33(22-24)35(30-18-17-27-10-4-6-12-29(27)23-30)36-37(40)32-13-7-8-14-34(32)41-39(36)42-38/h3-6,9-12,15-18,20-21,23-24,35H,2,7-8,13-14,19,22H2,1H3,(H2,40,41)/b31-21+. The van der Waals surface area contributed by atoms with Crippen LogP contribution in [-0.4, -0.2) is 4.98 Å². The Balaban J connectivity index is 1.35. The van der Waals surface area contributed by atoms with Crippen LogP contribution in [0.1, 0.15) is 72.9 Å². The minimum atomic E-state index is 0.0300. The Morgan fingerprint density at radius 2 is 1.55 bits per heavy atom. The molecule has 0 spiro atoms. The van der Waals surface area contributed by atoms with E-state index in [0.717, 1.165) is 61.2 Å². The molecule has 0 saturated carbocycles. The van der Waals surface area contributed by atoms with Crippen molar-refractivity contribution in [3.8, 4) is 5.88 Å². The second-order valence-electron chi connectivity index (χ2n) is 12.3. The first kappa shape index (κ1) is 25.3. The lowest BCUT2D eigenvalue weighted by Gasteiger charge is -2.38. The maximum absolute atomic E-state index is 7.11. The lowest BCUT2D eigenvalue weighted by molar-refractivity contribution is 0.343. The molecule has 2 heterocycles. The second kappa shape index (κ2) is 10.2. The van der Waals surface area contributed by atoms with Gasteiger partial charge in [0.25, 0.3) is 0 Å². The molecule has 0 amide bonds. The highest BCUT2D eigenvalue weighted by atomic mass is 16.5. The van der Waals surface area contributed by atoms with Crippen molar-refractivity contribution in [2.75, 3.05) is 5.73 Å². The van der Waals surface area contributed by atoms with Crippen molar-refractivity contribution in [1.82, 2.24) is 4.98 Å². The maximum atomic E-state index is 7.11. The monoisotopic (exact) mass is 548 g/mol. The van der Waals surface area contributed by atoms with E-state index in [-0.39, 0.29) is 5.92 Å². The zero-order valence-electron chi connectivity index (χ0n) is 24.2. The lowest BCUT2D eigenvalue weighted by Crippen LogP contribution is -2.27. The van der Waals surface area contributed by atoms with Crippen molar-refractivity contribution in [1.29, 1.82) is 0 Å². The van der Waals surface area contributed by atoms with Gasteiger partial charge < -0.3 is 10.5 Å². The van der Waals surface area contributed by atoms with Crippen LogP contribution in [0, 0.1) is 5.92 Å². The average molecular weight is 549 g/mol. The molecule has 42 heavy (non-hydrogen) atoms. The Bertz CT molecular complexity index is 1930. The first-order chi connectivity index (χ1) is 20.7. The topological polar surface area (TPSA) is 48.1 Å². The van der Waals surface area contributed by atoms with Crippen LogP contribution < -0.4 is 10.5 Å². The lowest BCUT2D eigenvalue weighted by atomic mass is 9.72. The van der Waals surface area contributed by atoms with Crippen LogP contribution in [0.3, 0.4) is 0 Å². The second-order valence-corrected chi connectivity index (χ2v) is 12.3. The summed E-state index contributed by atoms with van der Waals surface area (Å²) in [7, 11) is 0. The number of nitrogens with two attached hydrogens (primary N) is 1. The molecule has 4 aromatic carbocycles. The van der Waals surface area contributed by atoms with Gasteiger partial charge in [-0.1, -0.05) is 92.2 Å². The molecule has 3 aliphatic rings. The number of ether oxygens (including phenoxy) is 1. The minimum Gasteiger partial charge on any atom is -0.438 e. The number of hydrogen-bond donors (Lipinski definition) is 1. The highest BCUT2D eigenvalue weighted by molar-refractivity contribution is 5.86. The van der Waals surface area contributed by atoms with Crippen molar-refractivity contribution in [2.45, 2.75) is 57.8 Å². The Morgan fingerprint density at radius 1 is 0.833 bits per heavy atom. The third-order valence-corrected chi connectivity index (χ3v) is 9.76. The number of pyridine rings is 1. The molecule has 3 nitrogen and oxygen atoms in total. The smallest absolute Gasteiger partial charge is 0.225 e. The van der Waals surface area contributed by atoms with Gasteiger partial charge in [-0.25, -0.2) is 4.98 Å². The number of fused-ring (bicyclic) bond motifs is 4. The maximum Gasteiger partial charge on any atom is 0.225 e. The predicted octanol–water partition coefficient (Wildman–Crippen LogP) is 9.53. The molecule has 2 unspecified atom stereocenters. The molecule has 2 N–H and O–H groups in total. The average Bonchev–Trinajstić information content (AvgIpc) is 3.03. The van der Waals surface area contributed by atoms with Gasteiger partial charge in [-0.3, -0.25) is 0 Å².